The molecule has 0 aromatic heterocycles. The van der Waals surface area contributed by atoms with E-state index in [0.29, 0.717) is 10.0 Å². The van der Waals surface area contributed by atoms with E-state index in [1.165, 1.54) is 6.07 Å². The van der Waals surface area contributed by atoms with E-state index >= 15 is 0 Å². The summed E-state index contributed by atoms with van der Waals surface area (Å²) in [6.07, 6.45) is 0. The second-order valence-electron chi connectivity index (χ2n) is 4.24. The largest absolute Gasteiger partial charge is 0.394 e. The molecule has 0 saturated heterocycles. The van der Waals surface area contributed by atoms with Crippen molar-refractivity contribution in [3.05, 3.63) is 69.7 Å². The van der Waals surface area contributed by atoms with Gasteiger partial charge >= 0.3 is 0 Å². The standard InChI is InChI=1S/C15H13Cl2NO2/c16-11-6-7-13(17)12(8-11)15(20)18-14(9-19)10-4-2-1-3-5-10/h1-8,14,19H,9H2,(H,18,20)/t14-/m0/s1. The lowest BCUT2D eigenvalue weighted by molar-refractivity contribution is 0.0916. The Morgan fingerprint density at radius 2 is 1.85 bits per heavy atom. The van der Waals surface area contributed by atoms with E-state index < -0.39 is 6.04 Å². The highest BCUT2D eigenvalue weighted by Gasteiger charge is 2.17. The molecule has 0 bridgehead atoms. The second-order valence-corrected chi connectivity index (χ2v) is 5.09. The maximum Gasteiger partial charge on any atom is 0.253 e. The molecule has 3 nitrogen and oxygen atoms in total. The zero-order valence-corrected chi connectivity index (χ0v) is 12.0. The van der Waals surface area contributed by atoms with Crippen LogP contribution in [0.1, 0.15) is 22.0 Å². The third-order valence-electron chi connectivity index (χ3n) is 2.86. The van der Waals surface area contributed by atoms with Gasteiger partial charge in [-0.05, 0) is 23.8 Å². The molecule has 0 aliphatic rings. The number of nitrogens with one attached hydrogen (secondary N) is 1. The Hall–Kier alpha value is -1.55. The summed E-state index contributed by atoms with van der Waals surface area (Å²) < 4.78 is 0. The minimum atomic E-state index is -0.487. The topological polar surface area (TPSA) is 49.3 Å². The molecule has 2 aromatic rings. The first kappa shape index (κ1) is 14.9. The van der Waals surface area contributed by atoms with Crippen molar-refractivity contribution in [1.29, 1.82) is 0 Å². The van der Waals surface area contributed by atoms with Crippen molar-refractivity contribution < 1.29 is 9.90 Å². The monoisotopic (exact) mass is 309 g/mol. The van der Waals surface area contributed by atoms with Crippen LogP contribution in [0, 0.1) is 0 Å². The van der Waals surface area contributed by atoms with Crippen LogP contribution in [0.15, 0.2) is 48.5 Å². The lowest BCUT2D eigenvalue weighted by Crippen LogP contribution is -2.30. The van der Waals surface area contributed by atoms with E-state index in [4.69, 9.17) is 23.2 Å². The number of aliphatic hydroxyl groups is 1. The van der Waals surface area contributed by atoms with Gasteiger partial charge < -0.3 is 10.4 Å². The third-order valence-corrected chi connectivity index (χ3v) is 3.43. The van der Waals surface area contributed by atoms with Gasteiger partial charge in [-0.2, -0.15) is 0 Å². The van der Waals surface area contributed by atoms with E-state index in [1.54, 1.807) is 12.1 Å². The van der Waals surface area contributed by atoms with Crippen molar-refractivity contribution in [2.75, 3.05) is 6.61 Å². The molecule has 0 aliphatic heterocycles. The second kappa shape index (κ2) is 6.75. The quantitative estimate of drug-likeness (QED) is 0.908. The number of halogens is 2. The maximum absolute atomic E-state index is 12.2. The molecular formula is C15H13Cl2NO2. The zero-order valence-electron chi connectivity index (χ0n) is 10.5. The molecule has 2 aromatic carbocycles. The molecule has 104 valence electrons. The van der Waals surface area contributed by atoms with Crippen molar-refractivity contribution in [1.82, 2.24) is 5.32 Å². The molecule has 2 rings (SSSR count). The van der Waals surface area contributed by atoms with Crippen molar-refractivity contribution in [2.45, 2.75) is 6.04 Å². The summed E-state index contributed by atoms with van der Waals surface area (Å²) in [5.74, 6) is -0.375. The number of hydrogen-bond donors (Lipinski definition) is 2. The summed E-state index contributed by atoms with van der Waals surface area (Å²) in [6.45, 7) is -0.200. The van der Waals surface area contributed by atoms with Gasteiger partial charge in [0.1, 0.15) is 0 Å². The van der Waals surface area contributed by atoms with Gasteiger partial charge in [0.2, 0.25) is 0 Å². The van der Waals surface area contributed by atoms with Gasteiger partial charge in [-0.3, -0.25) is 4.79 Å². The number of rotatable bonds is 4. The summed E-state index contributed by atoms with van der Waals surface area (Å²) in [5, 5.41) is 12.9. The van der Waals surface area contributed by atoms with E-state index in [0.717, 1.165) is 5.56 Å². The molecule has 0 heterocycles. The van der Waals surface area contributed by atoms with Crippen LogP contribution in [0.25, 0.3) is 0 Å². The predicted octanol–water partition coefficient (Wildman–Crippen LogP) is 3.46. The summed E-state index contributed by atoms with van der Waals surface area (Å²) >= 11 is 11.8. The molecule has 0 unspecified atom stereocenters. The van der Waals surface area contributed by atoms with Crippen LogP contribution in [0.3, 0.4) is 0 Å². The van der Waals surface area contributed by atoms with Gasteiger partial charge in [0, 0.05) is 5.02 Å². The summed E-state index contributed by atoms with van der Waals surface area (Å²) in [4.78, 5) is 12.2. The van der Waals surface area contributed by atoms with Gasteiger partial charge in [-0.1, -0.05) is 53.5 Å². The fourth-order valence-corrected chi connectivity index (χ4v) is 2.20. The maximum atomic E-state index is 12.2. The summed E-state index contributed by atoms with van der Waals surface area (Å²) in [5.41, 5.74) is 1.11. The van der Waals surface area contributed by atoms with Gasteiger partial charge in [-0.15, -0.1) is 0 Å². The van der Waals surface area contributed by atoms with Crippen LogP contribution in [0.4, 0.5) is 0 Å². The van der Waals surface area contributed by atoms with Crippen LogP contribution >= 0.6 is 23.2 Å². The summed E-state index contributed by atoms with van der Waals surface area (Å²) in [6, 6.07) is 13.4. The first-order valence-corrected chi connectivity index (χ1v) is 6.79. The predicted molar refractivity (Wildman–Crippen MR) is 80.2 cm³/mol. The molecule has 0 aliphatic carbocycles. The molecular weight excluding hydrogens is 297 g/mol. The molecule has 0 saturated carbocycles. The first-order valence-electron chi connectivity index (χ1n) is 6.03. The molecule has 1 amide bonds. The van der Waals surface area contributed by atoms with Crippen LogP contribution in [-0.2, 0) is 0 Å². The SMILES string of the molecule is O=C(N[C@@H](CO)c1ccccc1)c1cc(Cl)ccc1Cl. The Morgan fingerprint density at radius 3 is 2.50 bits per heavy atom. The number of amides is 1. The Kier molecular flexibility index (Phi) is 5.01. The highest BCUT2D eigenvalue weighted by molar-refractivity contribution is 6.35. The Balaban J connectivity index is 2.20. The number of hydrogen-bond acceptors (Lipinski definition) is 2. The minimum absolute atomic E-state index is 0.200. The number of carbonyl (C=O) groups excluding carboxylic acids is 1. The zero-order chi connectivity index (χ0) is 14.5. The van der Waals surface area contributed by atoms with Gasteiger partial charge in [0.25, 0.3) is 5.91 Å². The fourth-order valence-electron chi connectivity index (χ4n) is 1.83. The van der Waals surface area contributed by atoms with Crippen molar-refractivity contribution in [3.63, 3.8) is 0 Å². The summed E-state index contributed by atoms with van der Waals surface area (Å²) in [7, 11) is 0. The lowest BCUT2D eigenvalue weighted by Gasteiger charge is -2.17. The number of carbonyl (C=O) groups is 1. The number of benzene rings is 2. The molecule has 1 atom stereocenters. The van der Waals surface area contributed by atoms with E-state index in [2.05, 4.69) is 5.32 Å². The smallest absolute Gasteiger partial charge is 0.253 e. The van der Waals surface area contributed by atoms with Crippen LogP contribution in [-0.4, -0.2) is 17.6 Å². The molecule has 20 heavy (non-hydrogen) atoms. The van der Waals surface area contributed by atoms with Crippen molar-refractivity contribution in [2.24, 2.45) is 0 Å². The van der Waals surface area contributed by atoms with Gasteiger partial charge in [0.05, 0.1) is 23.2 Å². The van der Waals surface area contributed by atoms with Crippen LogP contribution in [0.5, 0.6) is 0 Å². The lowest BCUT2D eigenvalue weighted by atomic mass is 10.1. The highest BCUT2D eigenvalue weighted by Crippen LogP contribution is 2.21. The first-order chi connectivity index (χ1) is 9.61. The Morgan fingerprint density at radius 1 is 1.15 bits per heavy atom. The molecule has 5 heteroatoms. The van der Waals surface area contributed by atoms with Gasteiger partial charge in [0.15, 0.2) is 0 Å². The Labute approximate surface area is 127 Å². The molecule has 0 radical (unpaired) electrons. The van der Waals surface area contributed by atoms with Gasteiger partial charge in [-0.25, -0.2) is 0 Å². The van der Waals surface area contributed by atoms with Crippen LogP contribution < -0.4 is 5.32 Å². The van der Waals surface area contributed by atoms with E-state index in [9.17, 15) is 9.90 Å². The van der Waals surface area contributed by atoms with Crippen LogP contribution in [0.2, 0.25) is 10.0 Å². The van der Waals surface area contributed by atoms with Crippen molar-refractivity contribution >= 4 is 29.1 Å². The average Bonchev–Trinajstić information content (AvgIpc) is 2.48. The fraction of sp³-hybridized carbons (Fsp3) is 0.133. The minimum Gasteiger partial charge on any atom is -0.394 e. The number of aliphatic hydroxyl groups excluding tert-OH is 1. The average molecular weight is 310 g/mol. The Bertz CT molecular complexity index is 602. The molecule has 0 spiro atoms. The van der Waals surface area contributed by atoms with E-state index in [1.807, 2.05) is 30.3 Å². The van der Waals surface area contributed by atoms with E-state index in [-0.39, 0.29) is 18.1 Å². The third kappa shape index (κ3) is 3.51. The normalized spacial score (nSPS) is 11.9. The highest BCUT2D eigenvalue weighted by atomic mass is 35.5. The molecule has 0 fully saturated rings. The van der Waals surface area contributed by atoms with Crippen molar-refractivity contribution in [3.8, 4) is 0 Å². The molecule has 2 N–H and O–H groups in total.